The molecule has 1 fully saturated rings. The minimum atomic E-state index is -0.330. The number of anilines is 1. The molecule has 2 N–H and O–H groups in total. The Balaban J connectivity index is 1.88. The van der Waals surface area contributed by atoms with Gasteiger partial charge >= 0.3 is 0 Å². The van der Waals surface area contributed by atoms with Gasteiger partial charge in [0.05, 0.1) is 10.0 Å². The molecule has 0 unspecified atom stereocenters. The average molecular weight is 340 g/mol. The third-order valence-electron chi connectivity index (χ3n) is 3.33. The molecular weight excluding hydrogens is 325 g/mol. The number of hydrogen-bond acceptors (Lipinski definition) is 4. The van der Waals surface area contributed by atoms with Crippen LogP contribution in [0.25, 0.3) is 11.4 Å². The molecule has 0 aliphatic carbocycles. The third kappa shape index (κ3) is 2.55. The Morgan fingerprint density at radius 2 is 2.30 bits per heavy atom. The zero-order valence-corrected chi connectivity index (χ0v) is 12.6. The molecule has 2 heterocycles. The minimum absolute atomic E-state index is 0.330. The maximum atomic E-state index is 14.0. The maximum Gasteiger partial charge on any atom is 0.245 e. The summed E-state index contributed by atoms with van der Waals surface area (Å²) in [5, 5.41) is 10.4. The fraction of sp³-hybridized carbons (Fsp3) is 0.385. The normalized spacial score (nSPS) is 19.4. The minimum Gasteiger partial charge on any atom is -0.337 e. The first-order valence-corrected chi connectivity index (χ1v) is 7.29. The molecule has 1 aliphatic heterocycles. The fourth-order valence-corrected chi connectivity index (χ4v) is 2.68. The topological polar surface area (TPSA) is 56.8 Å². The van der Waals surface area contributed by atoms with E-state index in [1.807, 2.05) is 0 Å². The van der Waals surface area contributed by atoms with Crippen molar-refractivity contribution in [1.29, 1.82) is 0 Å². The summed E-state index contributed by atoms with van der Waals surface area (Å²) in [6.45, 7) is 4.71. The standard InChI is InChI=1S/C13H15BrFN5/c1-8-7-20(6-5-16-8)13-17-12(18-19-13)9-3-2-4-10(14)11(9)15/h2-4,8,16H,5-7H2,1H3,(H,17,18,19)/t8-/m1/s1. The van der Waals surface area contributed by atoms with Gasteiger partial charge in [-0.15, -0.1) is 5.10 Å². The number of benzene rings is 1. The lowest BCUT2D eigenvalue weighted by Gasteiger charge is -2.30. The second-order valence-corrected chi connectivity index (χ2v) is 5.74. The van der Waals surface area contributed by atoms with Gasteiger partial charge in [0, 0.05) is 25.7 Å². The van der Waals surface area contributed by atoms with Crippen LogP contribution in [-0.2, 0) is 0 Å². The maximum absolute atomic E-state index is 14.0. The molecule has 1 aromatic carbocycles. The Bertz CT molecular complexity index is 615. The van der Waals surface area contributed by atoms with Gasteiger partial charge in [-0.3, -0.25) is 5.10 Å². The van der Waals surface area contributed by atoms with Crippen LogP contribution < -0.4 is 10.2 Å². The van der Waals surface area contributed by atoms with Crippen molar-refractivity contribution in [2.45, 2.75) is 13.0 Å². The molecule has 0 saturated carbocycles. The van der Waals surface area contributed by atoms with E-state index in [1.54, 1.807) is 18.2 Å². The highest BCUT2D eigenvalue weighted by atomic mass is 79.9. The molecule has 1 aliphatic rings. The summed E-state index contributed by atoms with van der Waals surface area (Å²) in [7, 11) is 0. The molecule has 0 radical (unpaired) electrons. The molecule has 0 spiro atoms. The molecular formula is C13H15BrFN5. The van der Waals surface area contributed by atoms with Crippen LogP contribution in [0, 0.1) is 5.82 Å². The Hall–Kier alpha value is -1.47. The summed E-state index contributed by atoms with van der Waals surface area (Å²) in [5.74, 6) is 0.738. The highest BCUT2D eigenvalue weighted by Crippen LogP contribution is 2.26. The van der Waals surface area contributed by atoms with Crippen molar-refractivity contribution >= 4 is 21.9 Å². The molecule has 20 heavy (non-hydrogen) atoms. The molecule has 1 atom stereocenters. The molecule has 106 valence electrons. The van der Waals surface area contributed by atoms with Gasteiger partial charge in [0.2, 0.25) is 5.95 Å². The zero-order valence-electron chi connectivity index (χ0n) is 11.0. The number of halogens is 2. The van der Waals surface area contributed by atoms with Crippen LogP contribution in [-0.4, -0.2) is 40.9 Å². The van der Waals surface area contributed by atoms with E-state index in [1.165, 1.54) is 0 Å². The molecule has 7 heteroatoms. The van der Waals surface area contributed by atoms with E-state index in [-0.39, 0.29) is 5.82 Å². The first-order valence-electron chi connectivity index (χ1n) is 6.50. The van der Waals surface area contributed by atoms with Gasteiger partial charge in [0.25, 0.3) is 0 Å². The van der Waals surface area contributed by atoms with E-state index in [4.69, 9.17) is 0 Å². The van der Waals surface area contributed by atoms with Gasteiger partial charge in [-0.05, 0) is 35.0 Å². The highest BCUT2D eigenvalue weighted by molar-refractivity contribution is 9.10. The number of aromatic nitrogens is 3. The largest absolute Gasteiger partial charge is 0.337 e. The molecule has 0 bridgehead atoms. The lowest BCUT2D eigenvalue weighted by atomic mass is 10.2. The van der Waals surface area contributed by atoms with E-state index < -0.39 is 0 Å². The van der Waals surface area contributed by atoms with E-state index in [9.17, 15) is 4.39 Å². The predicted octanol–water partition coefficient (Wildman–Crippen LogP) is 2.17. The smallest absolute Gasteiger partial charge is 0.245 e. The first kappa shape index (κ1) is 13.5. The van der Waals surface area contributed by atoms with Crippen LogP contribution in [0.15, 0.2) is 22.7 Å². The van der Waals surface area contributed by atoms with E-state index in [2.05, 4.69) is 48.3 Å². The summed E-state index contributed by atoms with van der Waals surface area (Å²) in [4.78, 5) is 6.51. The van der Waals surface area contributed by atoms with Crippen LogP contribution in [0.4, 0.5) is 10.3 Å². The van der Waals surface area contributed by atoms with Crippen LogP contribution in [0.1, 0.15) is 6.92 Å². The van der Waals surface area contributed by atoms with Crippen molar-refractivity contribution in [1.82, 2.24) is 20.5 Å². The lowest BCUT2D eigenvalue weighted by molar-refractivity contribution is 0.480. The van der Waals surface area contributed by atoms with E-state index in [0.717, 1.165) is 19.6 Å². The molecule has 0 amide bonds. The van der Waals surface area contributed by atoms with Gasteiger partial charge in [0.15, 0.2) is 5.82 Å². The predicted molar refractivity (Wildman–Crippen MR) is 79.2 cm³/mol. The Labute approximate surface area is 124 Å². The number of nitrogens with one attached hydrogen (secondary N) is 2. The molecule has 1 saturated heterocycles. The highest BCUT2D eigenvalue weighted by Gasteiger charge is 2.20. The number of rotatable bonds is 2. The van der Waals surface area contributed by atoms with Crippen LogP contribution >= 0.6 is 15.9 Å². The van der Waals surface area contributed by atoms with Crippen molar-refractivity contribution < 1.29 is 4.39 Å². The van der Waals surface area contributed by atoms with Crippen LogP contribution in [0.5, 0.6) is 0 Å². The second-order valence-electron chi connectivity index (χ2n) is 4.89. The van der Waals surface area contributed by atoms with Crippen LogP contribution in [0.2, 0.25) is 0 Å². The summed E-state index contributed by atoms with van der Waals surface area (Å²) in [6.07, 6.45) is 0. The van der Waals surface area contributed by atoms with E-state index in [0.29, 0.717) is 27.9 Å². The van der Waals surface area contributed by atoms with Crippen molar-refractivity contribution in [3.8, 4) is 11.4 Å². The number of H-pyrrole nitrogens is 1. The van der Waals surface area contributed by atoms with Crippen molar-refractivity contribution in [3.63, 3.8) is 0 Å². The average Bonchev–Trinajstić information content (AvgIpc) is 2.91. The molecule has 1 aromatic heterocycles. The van der Waals surface area contributed by atoms with Gasteiger partial charge in [-0.25, -0.2) is 4.39 Å². The number of piperazine rings is 1. The van der Waals surface area contributed by atoms with Crippen molar-refractivity contribution in [2.75, 3.05) is 24.5 Å². The number of nitrogens with zero attached hydrogens (tertiary/aromatic N) is 3. The molecule has 5 nitrogen and oxygen atoms in total. The van der Waals surface area contributed by atoms with E-state index >= 15 is 0 Å². The summed E-state index contributed by atoms with van der Waals surface area (Å²) in [6, 6.07) is 5.52. The molecule has 3 rings (SSSR count). The molecule has 2 aromatic rings. The monoisotopic (exact) mass is 339 g/mol. The SMILES string of the molecule is C[C@@H]1CN(c2n[nH]c(-c3cccc(Br)c3F)n2)CCN1. The first-order chi connectivity index (χ1) is 9.65. The summed E-state index contributed by atoms with van der Waals surface area (Å²) in [5.41, 5.74) is 0.418. The zero-order chi connectivity index (χ0) is 14.1. The Morgan fingerprint density at radius 1 is 1.45 bits per heavy atom. The number of hydrogen-bond donors (Lipinski definition) is 2. The Morgan fingerprint density at radius 3 is 3.10 bits per heavy atom. The van der Waals surface area contributed by atoms with Gasteiger partial charge in [0.1, 0.15) is 5.82 Å². The van der Waals surface area contributed by atoms with Crippen LogP contribution in [0.3, 0.4) is 0 Å². The quantitative estimate of drug-likeness (QED) is 0.880. The Kier molecular flexibility index (Phi) is 3.71. The summed E-state index contributed by atoms with van der Waals surface area (Å²) < 4.78 is 14.5. The van der Waals surface area contributed by atoms with Gasteiger partial charge in [-0.2, -0.15) is 4.98 Å². The number of aromatic amines is 1. The fourth-order valence-electron chi connectivity index (χ4n) is 2.32. The van der Waals surface area contributed by atoms with Gasteiger partial charge in [-0.1, -0.05) is 6.07 Å². The van der Waals surface area contributed by atoms with Crippen molar-refractivity contribution in [3.05, 3.63) is 28.5 Å². The lowest BCUT2D eigenvalue weighted by Crippen LogP contribution is -2.49. The summed E-state index contributed by atoms with van der Waals surface area (Å²) >= 11 is 3.18. The second kappa shape index (κ2) is 5.49. The van der Waals surface area contributed by atoms with Crippen molar-refractivity contribution in [2.24, 2.45) is 0 Å². The van der Waals surface area contributed by atoms with Gasteiger partial charge < -0.3 is 10.2 Å². The third-order valence-corrected chi connectivity index (χ3v) is 3.94.